The second kappa shape index (κ2) is 4.44. The van der Waals surface area contributed by atoms with Crippen LogP contribution in [0.3, 0.4) is 0 Å². The lowest BCUT2D eigenvalue weighted by Crippen LogP contribution is -2.54. The lowest BCUT2D eigenvalue weighted by atomic mass is 10.0. The van der Waals surface area contributed by atoms with Gasteiger partial charge in [0, 0.05) is 32.5 Å². The molecule has 6 nitrogen and oxygen atoms in total. The molecule has 0 bridgehead atoms. The Balaban J connectivity index is 2.00. The summed E-state index contributed by atoms with van der Waals surface area (Å²) in [5, 5.41) is 2.34. The Hall–Kier alpha value is -1.43. The molecule has 0 aliphatic carbocycles. The molecule has 0 saturated carbocycles. The van der Waals surface area contributed by atoms with Crippen LogP contribution in [0.25, 0.3) is 0 Å². The lowest BCUT2D eigenvalue weighted by Gasteiger charge is -2.33. The van der Waals surface area contributed by atoms with E-state index in [1.54, 1.807) is 11.9 Å². The summed E-state index contributed by atoms with van der Waals surface area (Å²) in [5.74, 6) is -0.348. The van der Waals surface area contributed by atoms with Gasteiger partial charge in [-0.25, -0.2) is 0 Å². The molecule has 3 amide bonds. The summed E-state index contributed by atoms with van der Waals surface area (Å²) in [4.78, 5) is 37.8. The van der Waals surface area contributed by atoms with E-state index in [-0.39, 0.29) is 29.8 Å². The van der Waals surface area contributed by atoms with E-state index in [1.807, 2.05) is 11.9 Å². The van der Waals surface area contributed by atoms with E-state index in [1.165, 1.54) is 0 Å². The molecule has 0 aromatic heterocycles. The number of hydrogen-bond acceptors (Lipinski definition) is 4. The van der Waals surface area contributed by atoms with Crippen LogP contribution in [0.2, 0.25) is 0 Å². The number of nitrogens with zero attached hydrogens (tertiary/aromatic N) is 2. The van der Waals surface area contributed by atoms with E-state index >= 15 is 0 Å². The third kappa shape index (κ3) is 2.31. The fraction of sp³-hybridized carbons (Fsp3) is 0.727. The van der Waals surface area contributed by atoms with E-state index in [4.69, 9.17) is 0 Å². The summed E-state index contributed by atoms with van der Waals surface area (Å²) in [6.07, 6.45) is 1.36. The van der Waals surface area contributed by atoms with Crippen LogP contribution >= 0.6 is 0 Å². The van der Waals surface area contributed by atoms with Gasteiger partial charge in [0.1, 0.15) is 0 Å². The van der Waals surface area contributed by atoms with Crippen molar-refractivity contribution >= 4 is 17.7 Å². The predicted molar refractivity (Wildman–Crippen MR) is 60.0 cm³/mol. The zero-order valence-corrected chi connectivity index (χ0v) is 10.1. The molecule has 1 N–H and O–H groups in total. The minimum atomic E-state index is -0.294. The molecule has 6 heteroatoms. The summed E-state index contributed by atoms with van der Waals surface area (Å²) >= 11 is 0. The first-order chi connectivity index (χ1) is 7.99. The van der Waals surface area contributed by atoms with Gasteiger partial charge >= 0.3 is 0 Å². The highest BCUT2D eigenvalue weighted by atomic mass is 16.2. The summed E-state index contributed by atoms with van der Waals surface area (Å²) in [6, 6.07) is -0.228. The number of likely N-dealkylation sites (tertiary alicyclic amines) is 1. The molecule has 2 unspecified atom stereocenters. The van der Waals surface area contributed by atoms with Crippen molar-refractivity contribution in [3.05, 3.63) is 0 Å². The van der Waals surface area contributed by atoms with Gasteiger partial charge in [-0.05, 0) is 13.5 Å². The predicted octanol–water partition coefficient (Wildman–Crippen LogP) is -1.05. The fourth-order valence-corrected chi connectivity index (χ4v) is 2.44. The number of imide groups is 1. The first kappa shape index (κ1) is 12.0. The highest BCUT2D eigenvalue weighted by Gasteiger charge is 2.37. The molecule has 94 valence electrons. The molecule has 2 atom stereocenters. The van der Waals surface area contributed by atoms with Crippen LogP contribution in [-0.4, -0.2) is 60.2 Å². The number of nitrogens with one attached hydrogen (secondary N) is 1. The SMILES string of the molecule is CN1CC(N(C)C2CCC(=O)NC2=O)CC1=O. The van der Waals surface area contributed by atoms with E-state index in [0.717, 1.165) is 0 Å². The van der Waals surface area contributed by atoms with Gasteiger partial charge in [-0.3, -0.25) is 24.6 Å². The minimum absolute atomic E-state index is 0.0662. The van der Waals surface area contributed by atoms with E-state index in [9.17, 15) is 14.4 Å². The van der Waals surface area contributed by atoms with Gasteiger partial charge in [-0.15, -0.1) is 0 Å². The third-order valence-electron chi connectivity index (χ3n) is 3.60. The van der Waals surface area contributed by atoms with Gasteiger partial charge in [0.25, 0.3) is 0 Å². The molecule has 2 aliphatic rings. The first-order valence-corrected chi connectivity index (χ1v) is 5.78. The standard InChI is InChI=1S/C11H17N3O3/c1-13-6-7(5-10(13)16)14(2)8-3-4-9(15)12-11(8)17/h7-8H,3-6H2,1-2H3,(H,12,15,17). The maximum Gasteiger partial charge on any atom is 0.243 e. The van der Waals surface area contributed by atoms with Crippen molar-refractivity contribution in [3.63, 3.8) is 0 Å². The van der Waals surface area contributed by atoms with Gasteiger partial charge in [0.2, 0.25) is 17.7 Å². The fourth-order valence-electron chi connectivity index (χ4n) is 2.44. The average Bonchev–Trinajstić information content (AvgIpc) is 2.58. The van der Waals surface area contributed by atoms with Gasteiger partial charge < -0.3 is 4.90 Å². The van der Waals surface area contributed by atoms with Crippen LogP contribution < -0.4 is 5.32 Å². The molecule has 2 aliphatic heterocycles. The number of carbonyl (C=O) groups is 3. The Kier molecular flexibility index (Phi) is 3.15. The summed E-state index contributed by atoms with van der Waals surface area (Å²) < 4.78 is 0. The van der Waals surface area contributed by atoms with Crippen LogP contribution in [0.15, 0.2) is 0 Å². The van der Waals surface area contributed by atoms with Crippen LogP contribution in [0, 0.1) is 0 Å². The highest BCUT2D eigenvalue weighted by Crippen LogP contribution is 2.20. The van der Waals surface area contributed by atoms with Crippen LogP contribution in [0.4, 0.5) is 0 Å². The lowest BCUT2D eigenvalue weighted by molar-refractivity contribution is -0.138. The number of amides is 3. The second-order valence-corrected chi connectivity index (χ2v) is 4.76. The molecular formula is C11H17N3O3. The number of piperidine rings is 1. The molecule has 2 saturated heterocycles. The van der Waals surface area contributed by atoms with Gasteiger partial charge in [-0.2, -0.15) is 0 Å². The zero-order valence-electron chi connectivity index (χ0n) is 10.1. The first-order valence-electron chi connectivity index (χ1n) is 5.78. The Morgan fingerprint density at radius 1 is 1.35 bits per heavy atom. The van der Waals surface area contributed by atoms with Gasteiger partial charge in [0.05, 0.1) is 6.04 Å². The van der Waals surface area contributed by atoms with Gasteiger partial charge in [-0.1, -0.05) is 0 Å². The number of likely N-dealkylation sites (N-methyl/N-ethyl adjacent to an activating group) is 2. The molecular weight excluding hydrogens is 222 g/mol. The monoisotopic (exact) mass is 239 g/mol. The molecule has 2 fully saturated rings. The van der Waals surface area contributed by atoms with Crippen molar-refractivity contribution in [1.82, 2.24) is 15.1 Å². The Labute approximate surface area is 99.9 Å². The normalized spacial score (nSPS) is 30.1. The Bertz CT molecular complexity index is 369. The van der Waals surface area contributed by atoms with Crippen molar-refractivity contribution in [2.24, 2.45) is 0 Å². The quantitative estimate of drug-likeness (QED) is 0.625. The van der Waals surface area contributed by atoms with Crippen molar-refractivity contribution in [3.8, 4) is 0 Å². The van der Waals surface area contributed by atoms with Crippen LogP contribution in [0.1, 0.15) is 19.3 Å². The average molecular weight is 239 g/mol. The van der Waals surface area contributed by atoms with E-state index in [2.05, 4.69) is 5.32 Å². The largest absolute Gasteiger partial charge is 0.344 e. The van der Waals surface area contributed by atoms with Crippen molar-refractivity contribution in [1.29, 1.82) is 0 Å². The second-order valence-electron chi connectivity index (χ2n) is 4.76. The third-order valence-corrected chi connectivity index (χ3v) is 3.60. The Morgan fingerprint density at radius 2 is 2.06 bits per heavy atom. The van der Waals surface area contributed by atoms with E-state index < -0.39 is 0 Å². The van der Waals surface area contributed by atoms with E-state index in [0.29, 0.717) is 25.8 Å². The van der Waals surface area contributed by atoms with Crippen molar-refractivity contribution in [2.45, 2.75) is 31.3 Å². The zero-order chi connectivity index (χ0) is 12.6. The smallest absolute Gasteiger partial charge is 0.243 e. The topological polar surface area (TPSA) is 69.7 Å². The minimum Gasteiger partial charge on any atom is -0.344 e. The number of rotatable bonds is 2. The van der Waals surface area contributed by atoms with Crippen LogP contribution in [-0.2, 0) is 14.4 Å². The van der Waals surface area contributed by atoms with Gasteiger partial charge in [0.15, 0.2) is 0 Å². The van der Waals surface area contributed by atoms with Crippen molar-refractivity contribution < 1.29 is 14.4 Å². The maximum atomic E-state index is 11.7. The highest BCUT2D eigenvalue weighted by molar-refractivity contribution is 6.00. The summed E-state index contributed by atoms with van der Waals surface area (Å²) in [5.41, 5.74) is 0. The molecule has 2 heterocycles. The molecule has 17 heavy (non-hydrogen) atoms. The summed E-state index contributed by atoms with van der Waals surface area (Å²) in [6.45, 7) is 0.646. The molecule has 0 radical (unpaired) electrons. The molecule has 0 aromatic rings. The summed E-state index contributed by atoms with van der Waals surface area (Å²) in [7, 11) is 3.61. The number of hydrogen-bond donors (Lipinski definition) is 1. The molecule has 0 spiro atoms. The maximum absolute atomic E-state index is 11.7. The Morgan fingerprint density at radius 3 is 2.59 bits per heavy atom. The number of carbonyl (C=O) groups excluding carboxylic acids is 3. The van der Waals surface area contributed by atoms with Crippen molar-refractivity contribution in [2.75, 3.05) is 20.6 Å². The molecule has 2 rings (SSSR count). The molecule has 0 aromatic carbocycles. The van der Waals surface area contributed by atoms with Crippen LogP contribution in [0.5, 0.6) is 0 Å².